The van der Waals surface area contributed by atoms with E-state index in [9.17, 15) is 0 Å². The SMILES string of the molecule is Clc1ccccc1-c1c(Cl)nc(-c2ccncc2)nc1Cl. The Morgan fingerprint density at radius 1 is 0.762 bits per heavy atom. The molecule has 0 fully saturated rings. The van der Waals surface area contributed by atoms with Gasteiger partial charge in [0.1, 0.15) is 10.3 Å². The van der Waals surface area contributed by atoms with Crippen molar-refractivity contribution in [1.82, 2.24) is 15.0 Å². The fourth-order valence-corrected chi connectivity index (χ4v) is 2.75. The zero-order valence-electron chi connectivity index (χ0n) is 10.6. The maximum atomic E-state index is 6.28. The molecule has 0 amide bonds. The van der Waals surface area contributed by atoms with Gasteiger partial charge in [0.05, 0.1) is 5.56 Å². The zero-order valence-corrected chi connectivity index (χ0v) is 12.9. The number of hydrogen-bond acceptors (Lipinski definition) is 3. The highest BCUT2D eigenvalue weighted by atomic mass is 35.5. The Hall–Kier alpha value is -1.68. The van der Waals surface area contributed by atoms with Crippen molar-refractivity contribution in [2.75, 3.05) is 0 Å². The molecule has 0 radical (unpaired) electrons. The van der Waals surface area contributed by atoms with E-state index in [4.69, 9.17) is 34.8 Å². The highest BCUT2D eigenvalue weighted by molar-refractivity contribution is 6.40. The third-order valence-corrected chi connectivity index (χ3v) is 3.78. The van der Waals surface area contributed by atoms with Gasteiger partial charge in [0.2, 0.25) is 0 Å². The van der Waals surface area contributed by atoms with E-state index in [-0.39, 0.29) is 10.3 Å². The van der Waals surface area contributed by atoms with E-state index in [1.54, 1.807) is 30.6 Å². The van der Waals surface area contributed by atoms with Gasteiger partial charge in [-0.2, -0.15) is 0 Å². The van der Waals surface area contributed by atoms with E-state index in [1.807, 2.05) is 18.2 Å². The highest BCUT2D eigenvalue weighted by Crippen LogP contribution is 2.37. The minimum atomic E-state index is 0.259. The summed E-state index contributed by atoms with van der Waals surface area (Å²) in [5, 5.41) is 1.06. The predicted octanol–water partition coefficient (Wildman–Crippen LogP) is 5.17. The van der Waals surface area contributed by atoms with E-state index in [0.29, 0.717) is 22.0 Å². The quantitative estimate of drug-likeness (QED) is 0.606. The fourth-order valence-electron chi connectivity index (χ4n) is 1.92. The molecule has 3 aromatic rings. The average Bonchev–Trinajstić information content (AvgIpc) is 2.49. The number of pyridine rings is 1. The second-order valence-electron chi connectivity index (χ2n) is 4.22. The molecule has 0 atom stereocenters. The molecule has 2 aromatic heterocycles. The van der Waals surface area contributed by atoms with Gasteiger partial charge in [-0.15, -0.1) is 0 Å². The second-order valence-corrected chi connectivity index (χ2v) is 5.34. The number of halogens is 3. The monoisotopic (exact) mass is 335 g/mol. The van der Waals surface area contributed by atoms with Crippen LogP contribution < -0.4 is 0 Å². The van der Waals surface area contributed by atoms with Gasteiger partial charge >= 0.3 is 0 Å². The molecule has 0 aliphatic rings. The number of aromatic nitrogens is 3. The van der Waals surface area contributed by atoms with Crippen LogP contribution in [0.25, 0.3) is 22.5 Å². The van der Waals surface area contributed by atoms with Gasteiger partial charge in [0.15, 0.2) is 5.82 Å². The van der Waals surface area contributed by atoms with Crippen molar-refractivity contribution in [2.24, 2.45) is 0 Å². The van der Waals surface area contributed by atoms with Crippen molar-refractivity contribution in [3.05, 3.63) is 64.1 Å². The summed E-state index contributed by atoms with van der Waals surface area (Å²) in [6, 6.07) is 10.9. The Kier molecular flexibility index (Phi) is 4.06. The van der Waals surface area contributed by atoms with Crippen LogP contribution in [0, 0.1) is 0 Å². The van der Waals surface area contributed by atoms with E-state index < -0.39 is 0 Å². The third kappa shape index (κ3) is 2.86. The van der Waals surface area contributed by atoms with E-state index in [0.717, 1.165) is 5.56 Å². The summed E-state index contributed by atoms with van der Waals surface area (Å²) in [5.41, 5.74) is 2.02. The van der Waals surface area contributed by atoms with Crippen molar-refractivity contribution in [1.29, 1.82) is 0 Å². The largest absolute Gasteiger partial charge is 0.265 e. The van der Waals surface area contributed by atoms with E-state index >= 15 is 0 Å². The molecule has 1 aromatic carbocycles. The van der Waals surface area contributed by atoms with Crippen LogP contribution in [0.15, 0.2) is 48.8 Å². The number of nitrogens with zero attached hydrogens (tertiary/aromatic N) is 3. The molecule has 0 unspecified atom stereocenters. The summed E-state index contributed by atoms with van der Waals surface area (Å²) >= 11 is 18.7. The molecule has 6 heteroatoms. The normalized spacial score (nSPS) is 10.6. The third-order valence-electron chi connectivity index (χ3n) is 2.90. The molecule has 21 heavy (non-hydrogen) atoms. The minimum absolute atomic E-state index is 0.259. The number of benzene rings is 1. The Labute approximate surface area is 136 Å². The molecule has 3 rings (SSSR count). The van der Waals surface area contributed by atoms with Crippen LogP contribution in [0.2, 0.25) is 15.3 Å². The molecule has 3 nitrogen and oxygen atoms in total. The Bertz CT molecular complexity index is 768. The minimum Gasteiger partial charge on any atom is -0.265 e. The van der Waals surface area contributed by atoms with Crippen molar-refractivity contribution >= 4 is 34.8 Å². The Morgan fingerprint density at radius 2 is 1.38 bits per heavy atom. The maximum absolute atomic E-state index is 6.28. The maximum Gasteiger partial charge on any atom is 0.162 e. The summed E-state index contributed by atoms with van der Waals surface area (Å²) in [6.07, 6.45) is 3.31. The average molecular weight is 337 g/mol. The first-order valence-corrected chi connectivity index (χ1v) is 7.18. The lowest BCUT2D eigenvalue weighted by atomic mass is 10.1. The predicted molar refractivity (Wildman–Crippen MR) is 85.7 cm³/mol. The van der Waals surface area contributed by atoms with Gasteiger partial charge in [-0.1, -0.05) is 53.0 Å². The molecule has 2 heterocycles. The first-order chi connectivity index (χ1) is 10.2. The summed E-state index contributed by atoms with van der Waals surface area (Å²) < 4.78 is 0. The first-order valence-electron chi connectivity index (χ1n) is 6.05. The van der Waals surface area contributed by atoms with Gasteiger partial charge in [-0.3, -0.25) is 4.98 Å². The van der Waals surface area contributed by atoms with Crippen molar-refractivity contribution in [2.45, 2.75) is 0 Å². The molecule has 0 saturated carbocycles. The van der Waals surface area contributed by atoms with Crippen LogP contribution in [-0.2, 0) is 0 Å². The number of rotatable bonds is 2. The summed E-state index contributed by atoms with van der Waals surface area (Å²) in [6.45, 7) is 0. The van der Waals surface area contributed by atoms with Crippen LogP contribution in [0.5, 0.6) is 0 Å². The lowest BCUT2D eigenvalue weighted by Gasteiger charge is -2.09. The second kappa shape index (κ2) is 5.98. The molecule has 0 aliphatic carbocycles. The van der Waals surface area contributed by atoms with Crippen LogP contribution in [0.3, 0.4) is 0 Å². The van der Waals surface area contributed by atoms with Gasteiger partial charge in [0, 0.05) is 28.5 Å². The van der Waals surface area contributed by atoms with Gasteiger partial charge < -0.3 is 0 Å². The Morgan fingerprint density at radius 3 is 2.00 bits per heavy atom. The summed E-state index contributed by atoms with van der Waals surface area (Å²) in [4.78, 5) is 12.6. The smallest absolute Gasteiger partial charge is 0.162 e. The molecular weight excluding hydrogens is 329 g/mol. The van der Waals surface area contributed by atoms with Crippen molar-refractivity contribution in [3.8, 4) is 22.5 Å². The molecule has 0 spiro atoms. The summed E-state index contributed by atoms with van der Waals surface area (Å²) in [7, 11) is 0. The molecule has 0 saturated heterocycles. The molecule has 104 valence electrons. The van der Waals surface area contributed by atoms with Crippen LogP contribution in [0.4, 0.5) is 0 Å². The molecular formula is C15H8Cl3N3. The van der Waals surface area contributed by atoms with Crippen molar-refractivity contribution in [3.63, 3.8) is 0 Å². The Balaban J connectivity index is 2.16. The van der Waals surface area contributed by atoms with E-state index in [1.165, 1.54) is 0 Å². The van der Waals surface area contributed by atoms with Crippen molar-refractivity contribution < 1.29 is 0 Å². The fraction of sp³-hybridized carbons (Fsp3) is 0. The van der Waals surface area contributed by atoms with Gasteiger partial charge in [-0.05, 0) is 18.2 Å². The highest BCUT2D eigenvalue weighted by Gasteiger charge is 2.16. The van der Waals surface area contributed by atoms with Crippen LogP contribution in [0.1, 0.15) is 0 Å². The van der Waals surface area contributed by atoms with Gasteiger partial charge in [-0.25, -0.2) is 9.97 Å². The standard InChI is InChI=1S/C15H8Cl3N3/c16-11-4-2-1-3-10(11)12-13(17)20-15(21-14(12)18)9-5-7-19-8-6-9/h1-8H. The van der Waals surface area contributed by atoms with E-state index in [2.05, 4.69) is 15.0 Å². The summed E-state index contributed by atoms with van der Waals surface area (Å²) in [5.74, 6) is 0.447. The first kappa shape index (κ1) is 14.3. The molecule has 0 N–H and O–H groups in total. The topological polar surface area (TPSA) is 38.7 Å². The lowest BCUT2D eigenvalue weighted by molar-refractivity contribution is 1.17. The van der Waals surface area contributed by atoms with Crippen LogP contribution in [-0.4, -0.2) is 15.0 Å². The number of hydrogen-bond donors (Lipinski definition) is 0. The zero-order chi connectivity index (χ0) is 14.8. The molecule has 0 aliphatic heterocycles. The van der Waals surface area contributed by atoms with Gasteiger partial charge in [0.25, 0.3) is 0 Å². The van der Waals surface area contributed by atoms with Crippen LogP contribution >= 0.6 is 34.8 Å². The lowest BCUT2D eigenvalue weighted by Crippen LogP contribution is -1.95. The molecule has 0 bridgehead atoms.